The van der Waals surface area contributed by atoms with Crippen LogP contribution in [0.25, 0.3) is 0 Å². The number of halogens is 2. The van der Waals surface area contributed by atoms with Gasteiger partial charge in [-0.3, -0.25) is 9.59 Å². The van der Waals surface area contributed by atoms with Crippen molar-refractivity contribution < 1.29 is 23.1 Å². The molecule has 3 N–H and O–H groups in total. The quantitative estimate of drug-likeness (QED) is 0.588. The fourth-order valence-electron chi connectivity index (χ4n) is 1.57. The Morgan fingerprint density at radius 3 is 2.62 bits per heavy atom. The number of ether oxygens (including phenoxy) is 1. The van der Waals surface area contributed by atoms with Gasteiger partial charge in [0.25, 0.3) is 5.91 Å². The molecule has 0 atom stereocenters. The highest BCUT2D eigenvalue weighted by atomic mass is 19.1. The first-order valence-corrected chi connectivity index (χ1v) is 6.12. The number of nitrogens with two attached hydrogens (primary N) is 1. The monoisotopic (exact) mass is 301 g/mol. The molecule has 1 aromatic rings. The van der Waals surface area contributed by atoms with Crippen molar-refractivity contribution in [2.24, 2.45) is 0 Å². The van der Waals surface area contributed by atoms with Crippen molar-refractivity contribution in [2.75, 3.05) is 39.6 Å². The van der Waals surface area contributed by atoms with Crippen LogP contribution >= 0.6 is 0 Å². The van der Waals surface area contributed by atoms with Crippen LogP contribution in [0, 0.1) is 11.6 Å². The van der Waals surface area contributed by atoms with Crippen LogP contribution in [0.4, 0.5) is 14.5 Å². The molecule has 0 heterocycles. The van der Waals surface area contributed by atoms with Crippen LogP contribution in [0.5, 0.6) is 0 Å². The molecule has 6 nitrogen and oxygen atoms in total. The molecule has 0 bridgehead atoms. The van der Waals surface area contributed by atoms with Crippen molar-refractivity contribution in [1.29, 1.82) is 0 Å². The average molecular weight is 301 g/mol. The van der Waals surface area contributed by atoms with Gasteiger partial charge in [0.05, 0.1) is 24.4 Å². The number of carbonyl (C=O) groups excluding carboxylic acids is 2. The lowest BCUT2D eigenvalue weighted by Gasteiger charge is -2.17. The van der Waals surface area contributed by atoms with Gasteiger partial charge in [-0.1, -0.05) is 0 Å². The van der Waals surface area contributed by atoms with Crippen molar-refractivity contribution in [3.8, 4) is 0 Å². The van der Waals surface area contributed by atoms with Crippen LogP contribution in [0.1, 0.15) is 10.4 Å². The number of amides is 2. The van der Waals surface area contributed by atoms with Crippen molar-refractivity contribution in [1.82, 2.24) is 10.2 Å². The molecule has 1 aromatic carbocycles. The predicted molar refractivity (Wildman–Crippen MR) is 72.6 cm³/mol. The van der Waals surface area contributed by atoms with Gasteiger partial charge in [-0.15, -0.1) is 0 Å². The van der Waals surface area contributed by atoms with Gasteiger partial charge in [-0.2, -0.15) is 0 Å². The molecule has 0 aliphatic carbocycles. The van der Waals surface area contributed by atoms with E-state index in [1.54, 1.807) is 0 Å². The maximum atomic E-state index is 13.6. The minimum Gasteiger partial charge on any atom is -0.396 e. The van der Waals surface area contributed by atoms with E-state index in [9.17, 15) is 18.4 Å². The van der Waals surface area contributed by atoms with E-state index >= 15 is 0 Å². The summed E-state index contributed by atoms with van der Waals surface area (Å²) in [6.07, 6.45) is 0. The summed E-state index contributed by atoms with van der Waals surface area (Å²) in [6, 6.07) is 1.45. The second-order valence-electron chi connectivity index (χ2n) is 4.36. The Hall–Kier alpha value is -2.22. The molecular formula is C13H17F2N3O3. The molecular weight excluding hydrogens is 284 g/mol. The van der Waals surface area contributed by atoms with Crippen LogP contribution in [-0.2, 0) is 9.53 Å². The maximum absolute atomic E-state index is 13.6. The van der Waals surface area contributed by atoms with Gasteiger partial charge in [-0.25, -0.2) is 8.78 Å². The topological polar surface area (TPSA) is 84.7 Å². The zero-order chi connectivity index (χ0) is 16.0. The summed E-state index contributed by atoms with van der Waals surface area (Å²) >= 11 is 0. The third-order valence-electron chi connectivity index (χ3n) is 2.67. The number of hydrogen-bond donors (Lipinski definition) is 2. The maximum Gasteiger partial charge on any atom is 0.257 e. The van der Waals surface area contributed by atoms with Gasteiger partial charge < -0.3 is 20.7 Å². The Morgan fingerprint density at radius 2 is 2.00 bits per heavy atom. The number of likely N-dealkylation sites (N-methyl/N-ethyl adjacent to an activating group) is 1. The van der Waals surface area contributed by atoms with Crippen LogP contribution in [-0.4, -0.2) is 50.6 Å². The summed E-state index contributed by atoms with van der Waals surface area (Å²) in [7, 11) is 2.82. The summed E-state index contributed by atoms with van der Waals surface area (Å²) in [5.74, 6) is -3.15. The van der Waals surface area contributed by atoms with Crippen molar-refractivity contribution in [2.45, 2.75) is 0 Å². The minimum absolute atomic E-state index is 0.265. The van der Waals surface area contributed by atoms with E-state index < -0.39 is 23.4 Å². The van der Waals surface area contributed by atoms with E-state index in [0.29, 0.717) is 19.2 Å². The van der Waals surface area contributed by atoms with E-state index in [-0.39, 0.29) is 17.8 Å². The van der Waals surface area contributed by atoms with E-state index in [0.717, 1.165) is 11.0 Å². The number of nitrogens with zero attached hydrogens (tertiary/aromatic N) is 1. The second kappa shape index (κ2) is 7.53. The third kappa shape index (κ3) is 4.67. The highest BCUT2D eigenvalue weighted by Crippen LogP contribution is 2.17. The highest BCUT2D eigenvalue weighted by Gasteiger charge is 2.20. The Balaban J connectivity index is 2.70. The molecule has 0 fully saturated rings. The molecule has 1 rings (SSSR count). The highest BCUT2D eigenvalue weighted by molar-refractivity contribution is 5.97. The number of rotatable bonds is 6. The fraction of sp³-hybridized carbons (Fsp3) is 0.385. The van der Waals surface area contributed by atoms with Gasteiger partial charge in [-0.05, 0) is 6.07 Å². The zero-order valence-corrected chi connectivity index (χ0v) is 11.8. The number of nitrogen functional groups attached to an aromatic ring is 1. The number of anilines is 1. The van der Waals surface area contributed by atoms with E-state index in [1.165, 1.54) is 14.2 Å². The molecule has 116 valence electrons. The third-order valence-corrected chi connectivity index (χ3v) is 2.67. The van der Waals surface area contributed by atoms with Crippen LogP contribution in [0.2, 0.25) is 0 Å². The van der Waals surface area contributed by atoms with Gasteiger partial charge in [0.2, 0.25) is 5.91 Å². The molecule has 21 heavy (non-hydrogen) atoms. The lowest BCUT2D eigenvalue weighted by molar-refractivity contribution is -0.121. The van der Waals surface area contributed by atoms with Gasteiger partial charge in [0.15, 0.2) is 0 Å². The standard InChI is InChI=1S/C13H17F2N3O3/c1-18(7-12(19)17-3-4-21-2)13(20)8-5-11(16)10(15)6-9(8)14/h5-6H,3-4,7,16H2,1-2H3,(H,17,19). The first kappa shape index (κ1) is 16.8. The van der Waals surface area contributed by atoms with E-state index in [1.807, 2.05) is 0 Å². The summed E-state index contributed by atoms with van der Waals surface area (Å²) in [6.45, 7) is 0.376. The summed E-state index contributed by atoms with van der Waals surface area (Å²) in [4.78, 5) is 24.5. The van der Waals surface area contributed by atoms with Crippen molar-refractivity contribution >= 4 is 17.5 Å². The summed E-state index contributed by atoms with van der Waals surface area (Å²) in [5.41, 5.74) is 4.58. The van der Waals surface area contributed by atoms with Gasteiger partial charge in [0, 0.05) is 26.8 Å². The number of carbonyl (C=O) groups is 2. The summed E-state index contributed by atoms with van der Waals surface area (Å²) < 4.78 is 31.4. The van der Waals surface area contributed by atoms with Crippen molar-refractivity contribution in [3.63, 3.8) is 0 Å². The molecule has 0 aliphatic heterocycles. The van der Waals surface area contributed by atoms with Gasteiger partial charge in [0.1, 0.15) is 11.6 Å². The molecule has 8 heteroatoms. The Kier molecular flexibility index (Phi) is 6.04. The van der Waals surface area contributed by atoms with Gasteiger partial charge >= 0.3 is 0 Å². The molecule has 0 saturated heterocycles. The molecule has 0 radical (unpaired) electrons. The van der Waals surface area contributed by atoms with Crippen LogP contribution in [0.3, 0.4) is 0 Å². The second-order valence-corrected chi connectivity index (χ2v) is 4.36. The summed E-state index contributed by atoms with van der Waals surface area (Å²) in [5, 5.41) is 2.52. The minimum atomic E-state index is -1.03. The SMILES string of the molecule is COCCNC(=O)CN(C)C(=O)c1cc(N)c(F)cc1F. The zero-order valence-electron chi connectivity index (χ0n) is 11.8. The first-order valence-electron chi connectivity index (χ1n) is 6.12. The smallest absolute Gasteiger partial charge is 0.257 e. The van der Waals surface area contributed by atoms with E-state index in [4.69, 9.17) is 10.5 Å². The first-order chi connectivity index (χ1) is 9.86. The largest absolute Gasteiger partial charge is 0.396 e. The molecule has 0 aliphatic rings. The van der Waals surface area contributed by atoms with Crippen LogP contribution < -0.4 is 11.1 Å². The number of nitrogens with one attached hydrogen (secondary N) is 1. The number of benzene rings is 1. The predicted octanol–water partition coefficient (Wildman–Crippen LogP) is 0.382. The lowest BCUT2D eigenvalue weighted by atomic mass is 10.1. The molecule has 0 saturated carbocycles. The van der Waals surface area contributed by atoms with Crippen LogP contribution in [0.15, 0.2) is 12.1 Å². The number of hydrogen-bond acceptors (Lipinski definition) is 4. The Bertz CT molecular complexity index is 538. The Morgan fingerprint density at radius 1 is 1.33 bits per heavy atom. The van der Waals surface area contributed by atoms with E-state index in [2.05, 4.69) is 5.32 Å². The number of methoxy groups -OCH3 is 1. The average Bonchev–Trinajstić information content (AvgIpc) is 2.42. The molecule has 0 spiro atoms. The Labute approximate surface area is 120 Å². The molecule has 0 unspecified atom stereocenters. The van der Waals surface area contributed by atoms with Crippen molar-refractivity contribution in [3.05, 3.63) is 29.3 Å². The normalized spacial score (nSPS) is 10.3. The molecule has 0 aromatic heterocycles. The lowest BCUT2D eigenvalue weighted by Crippen LogP contribution is -2.39. The fourth-order valence-corrected chi connectivity index (χ4v) is 1.57. The molecule has 2 amide bonds.